The van der Waals surface area contributed by atoms with Gasteiger partial charge in [0.2, 0.25) is 6.08 Å². The SMILES string of the molecule is CC(C)(C)c1ncncc1CNC(=O)NCC1CCCC(CN=C=O)C1. The number of nitrogens with zero attached hydrogens (tertiary/aromatic N) is 3. The van der Waals surface area contributed by atoms with Crippen LogP contribution in [0, 0.1) is 11.8 Å². The molecule has 2 rings (SSSR count). The van der Waals surface area contributed by atoms with E-state index < -0.39 is 0 Å². The smallest absolute Gasteiger partial charge is 0.315 e. The monoisotopic (exact) mass is 359 g/mol. The van der Waals surface area contributed by atoms with Gasteiger partial charge in [-0.05, 0) is 31.1 Å². The average Bonchev–Trinajstić information content (AvgIpc) is 2.63. The molecule has 2 atom stereocenters. The molecular formula is C19H29N5O2. The molecule has 0 aromatic carbocycles. The van der Waals surface area contributed by atoms with Crippen molar-refractivity contribution in [3.63, 3.8) is 0 Å². The second-order valence-electron chi connectivity index (χ2n) is 8.04. The van der Waals surface area contributed by atoms with E-state index in [2.05, 4.69) is 46.4 Å². The van der Waals surface area contributed by atoms with Gasteiger partial charge in [0.15, 0.2) is 0 Å². The first-order valence-corrected chi connectivity index (χ1v) is 9.25. The van der Waals surface area contributed by atoms with Crippen molar-refractivity contribution in [2.45, 2.75) is 58.4 Å². The summed E-state index contributed by atoms with van der Waals surface area (Å²) in [6.07, 6.45) is 9.21. The molecule has 2 N–H and O–H groups in total. The second-order valence-corrected chi connectivity index (χ2v) is 8.04. The van der Waals surface area contributed by atoms with E-state index in [1.165, 1.54) is 6.33 Å². The van der Waals surface area contributed by atoms with Gasteiger partial charge in [-0.1, -0.05) is 27.2 Å². The van der Waals surface area contributed by atoms with Crippen LogP contribution in [0.5, 0.6) is 0 Å². The molecule has 2 amide bonds. The second kappa shape index (κ2) is 9.43. The molecule has 142 valence electrons. The molecule has 1 aromatic heterocycles. The van der Waals surface area contributed by atoms with Crippen molar-refractivity contribution in [2.24, 2.45) is 16.8 Å². The molecule has 26 heavy (non-hydrogen) atoms. The third-order valence-corrected chi connectivity index (χ3v) is 4.79. The van der Waals surface area contributed by atoms with Crippen LogP contribution in [0.4, 0.5) is 4.79 Å². The van der Waals surface area contributed by atoms with Crippen molar-refractivity contribution in [3.05, 3.63) is 23.8 Å². The standard InChI is InChI=1S/C19H29N5O2/c1-19(2,3)17-16(10-20-12-24-17)11-23-18(26)22-9-15-6-4-5-14(7-15)8-21-13-25/h10,12,14-15H,4-9,11H2,1-3H3,(H2,22,23,26). The Bertz CT molecular complexity index is 650. The highest BCUT2D eigenvalue weighted by Gasteiger charge is 2.23. The molecule has 0 aliphatic heterocycles. The van der Waals surface area contributed by atoms with Gasteiger partial charge >= 0.3 is 6.03 Å². The molecule has 1 aliphatic carbocycles. The minimum atomic E-state index is -0.179. The van der Waals surface area contributed by atoms with Crippen LogP contribution in [0.3, 0.4) is 0 Å². The summed E-state index contributed by atoms with van der Waals surface area (Å²) in [5, 5.41) is 5.86. The summed E-state index contributed by atoms with van der Waals surface area (Å²) in [6.45, 7) is 7.87. The number of isocyanates is 1. The van der Waals surface area contributed by atoms with Gasteiger partial charge in [0.25, 0.3) is 0 Å². The fourth-order valence-electron chi connectivity index (χ4n) is 3.56. The van der Waals surface area contributed by atoms with Crippen molar-refractivity contribution in [2.75, 3.05) is 13.1 Å². The maximum absolute atomic E-state index is 12.1. The van der Waals surface area contributed by atoms with Gasteiger partial charge in [-0.25, -0.2) is 24.5 Å². The summed E-state index contributed by atoms with van der Waals surface area (Å²) in [5.74, 6) is 0.863. The van der Waals surface area contributed by atoms with E-state index in [-0.39, 0.29) is 11.4 Å². The quantitative estimate of drug-likeness (QED) is 0.603. The Morgan fingerprint density at radius 2 is 2.08 bits per heavy atom. The Hall–Kier alpha value is -2.27. The first kappa shape index (κ1) is 20.0. The van der Waals surface area contributed by atoms with Crippen LogP contribution >= 0.6 is 0 Å². The molecule has 1 fully saturated rings. The van der Waals surface area contributed by atoms with Crippen molar-refractivity contribution in [1.82, 2.24) is 20.6 Å². The maximum Gasteiger partial charge on any atom is 0.315 e. The number of amides is 2. The predicted octanol–water partition coefficient (Wildman–Crippen LogP) is 2.72. The zero-order valence-corrected chi connectivity index (χ0v) is 15.9. The van der Waals surface area contributed by atoms with Gasteiger partial charge in [-0.2, -0.15) is 0 Å². The van der Waals surface area contributed by atoms with Gasteiger partial charge < -0.3 is 10.6 Å². The van der Waals surface area contributed by atoms with Crippen LogP contribution in [0.2, 0.25) is 0 Å². The number of urea groups is 1. The number of carbonyl (C=O) groups is 1. The summed E-state index contributed by atoms with van der Waals surface area (Å²) in [6, 6.07) is -0.179. The Balaban J connectivity index is 1.78. The molecule has 2 unspecified atom stereocenters. The van der Waals surface area contributed by atoms with Gasteiger partial charge in [0.1, 0.15) is 6.33 Å². The van der Waals surface area contributed by atoms with Crippen LogP contribution < -0.4 is 10.6 Å². The first-order chi connectivity index (χ1) is 12.4. The molecule has 1 aliphatic rings. The first-order valence-electron chi connectivity index (χ1n) is 9.25. The fraction of sp³-hybridized carbons (Fsp3) is 0.684. The molecule has 7 heteroatoms. The predicted molar refractivity (Wildman–Crippen MR) is 99.4 cm³/mol. The molecule has 1 saturated carbocycles. The topological polar surface area (TPSA) is 96.3 Å². The van der Waals surface area contributed by atoms with E-state index in [9.17, 15) is 9.59 Å². The lowest BCUT2D eigenvalue weighted by atomic mass is 9.81. The number of rotatable bonds is 6. The minimum absolute atomic E-state index is 0.0997. The van der Waals surface area contributed by atoms with Crippen molar-refractivity contribution < 1.29 is 9.59 Å². The highest BCUT2D eigenvalue weighted by molar-refractivity contribution is 5.73. The van der Waals surface area contributed by atoms with E-state index in [0.29, 0.717) is 31.5 Å². The highest BCUT2D eigenvalue weighted by atomic mass is 16.2. The highest BCUT2D eigenvalue weighted by Crippen LogP contribution is 2.28. The summed E-state index contributed by atoms with van der Waals surface area (Å²) >= 11 is 0. The number of carbonyl (C=O) groups excluding carboxylic acids is 2. The molecule has 1 heterocycles. The summed E-state index contributed by atoms with van der Waals surface area (Å²) in [4.78, 5) is 34.5. The van der Waals surface area contributed by atoms with Gasteiger partial charge in [0.05, 0.1) is 12.2 Å². The normalized spacial score (nSPS) is 20.1. The number of aromatic nitrogens is 2. The fourth-order valence-corrected chi connectivity index (χ4v) is 3.56. The number of hydrogen-bond acceptors (Lipinski definition) is 5. The Kier molecular flexibility index (Phi) is 7.27. The van der Waals surface area contributed by atoms with Crippen molar-refractivity contribution >= 4 is 12.1 Å². The third kappa shape index (κ3) is 6.23. The largest absolute Gasteiger partial charge is 0.338 e. The van der Waals surface area contributed by atoms with Crippen LogP contribution in [0.25, 0.3) is 0 Å². The molecule has 1 aromatic rings. The van der Waals surface area contributed by atoms with E-state index in [4.69, 9.17) is 0 Å². The summed E-state index contributed by atoms with van der Waals surface area (Å²) in [7, 11) is 0. The van der Waals surface area contributed by atoms with Crippen LogP contribution in [0.15, 0.2) is 17.5 Å². The zero-order valence-electron chi connectivity index (χ0n) is 15.9. The van der Waals surface area contributed by atoms with Crippen LogP contribution in [-0.4, -0.2) is 35.2 Å². The van der Waals surface area contributed by atoms with Crippen LogP contribution in [0.1, 0.15) is 57.7 Å². The lowest BCUT2D eigenvalue weighted by Crippen LogP contribution is -2.39. The Morgan fingerprint density at radius 3 is 2.81 bits per heavy atom. The molecule has 0 spiro atoms. The lowest BCUT2D eigenvalue weighted by Gasteiger charge is -2.28. The van der Waals surface area contributed by atoms with E-state index in [0.717, 1.165) is 36.9 Å². The minimum Gasteiger partial charge on any atom is -0.338 e. The molecule has 0 radical (unpaired) electrons. The Labute approximate surface area is 155 Å². The zero-order chi connectivity index (χ0) is 19.0. The van der Waals surface area contributed by atoms with Crippen LogP contribution in [-0.2, 0) is 16.8 Å². The third-order valence-electron chi connectivity index (χ3n) is 4.79. The van der Waals surface area contributed by atoms with Gasteiger partial charge in [-0.3, -0.25) is 0 Å². The lowest BCUT2D eigenvalue weighted by molar-refractivity contribution is 0.229. The number of aliphatic imine (C=N–C) groups is 1. The van der Waals surface area contributed by atoms with Crippen molar-refractivity contribution in [3.8, 4) is 0 Å². The van der Waals surface area contributed by atoms with Crippen molar-refractivity contribution in [1.29, 1.82) is 0 Å². The molecular weight excluding hydrogens is 330 g/mol. The molecule has 0 bridgehead atoms. The number of nitrogens with one attached hydrogen (secondary N) is 2. The average molecular weight is 359 g/mol. The van der Waals surface area contributed by atoms with Gasteiger partial charge in [0, 0.05) is 30.3 Å². The van der Waals surface area contributed by atoms with Gasteiger partial charge in [-0.15, -0.1) is 0 Å². The molecule has 0 saturated heterocycles. The maximum atomic E-state index is 12.1. The van der Waals surface area contributed by atoms with E-state index >= 15 is 0 Å². The number of hydrogen-bond donors (Lipinski definition) is 2. The van der Waals surface area contributed by atoms with E-state index in [1.807, 2.05) is 0 Å². The summed E-state index contributed by atoms with van der Waals surface area (Å²) in [5.41, 5.74) is 1.77. The van der Waals surface area contributed by atoms with E-state index in [1.54, 1.807) is 12.3 Å². The Morgan fingerprint density at radius 1 is 1.31 bits per heavy atom. The summed E-state index contributed by atoms with van der Waals surface area (Å²) < 4.78 is 0. The molecule has 7 nitrogen and oxygen atoms in total.